The average Bonchev–Trinajstić information content (AvgIpc) is 2.50. The van der Waals surface area contributed by atoms with Crippen molar-refractivity contribution in [2.45, 2.75) is 12.7 Å². The summed E-state index contributed by atoms with van der Waals surface area (Å²) < 4.78 is 0. The van der Waals surface area contributed by atoms with Gasteiger partial charge in [0.1, 0.15) is 0 Å². The maximum Gasteiger partial charge on any atom is 0.335 e. The molecular weight excluding hydrogens is 298 g/mol. The summed E-state index contributed by atoms with van der Waals surface area (Å²) in [6.45, 7) is 1.99. The first-order valence-corrected chi connectivity index (χ1v) is 7.96. The molecule has 22 heavy (non-hydrogen) atoms. The van der Waals surface area contributed by atoms with Gasteiger partial charge in [0.2, 0.25) is 5.91 Å². The number of carboxylic acid groups (broad SMARTS) is 1. The largest absolute Gasteiger partial charge is 0.478 e. The zero-order valence-corrected chi connectivity index (χ0v) is 13.0. The van der Waals surface area contributed by atoms with E-state index in [4.69, 9.17) is 5.11 Å². The number of anilines is 1. The molecular formula is C17H17NO3S. The van der Waals surface area contributed by atoms with Crippen LogP contribution >= 0.6 is 11.8 Å². The van der Waals surface area contributed by atoms with Crippen LogP contribution in [-0.2, 0) is 10.5 Å². The number of carboxylic acids is 1. The van der Waals surface area contributed by atoms with Crippen molar-refractivity contribution in [3.63, 3.8) is 0 Å². The van der Waals surface area contributed by atoms with Gasteiger partial charge < -0.3 is 10.4 Å². The van der Waals surface area contributed by atoms with E-state index in [0.717, 1.165) is 16.8 Å². The summed E-state index contributed by atoms with van der Waals surface area (Å²) in [6.07, 6.45) is 0. The second-order valence-corrected chi connectivity index (χ2v) is 5.90. The van der Waals surface area contributed by atoms with Crippen molar-refractivity contribution in [1.29, 1.82) is 0 Å². The minimum atomic E-state index is -0.941. The number of rotatable bonds is 6. The summed E-state index contributed by atoms with van der Waals surface area (Å²) in [7, 11) is 0. The number of carbonyl (C=O) groups excluding carboxylic acids is 1. The molecule has 2 rings (SSSR count). The molecule has 1 amide bonds. The number of hydrogen-bond acceptors (Lipinski definition) is 3. The Labute approximate surface area is 133 Å². The fourth-order valence-electron chi connectivity index (χ4n) is 1.89. The van der Waals surface area contributed by atoms with E-state index in [1.807, 2.05) is 37.3 Å². The van der Waals surface area contributed by atoms with Crippen LogP contribution in [0.5, 0.6) is 0 Å². The highest BCUT2D eigenvalue weighted by Crippen LogP contribution is 2.15. The lowest BCUT2D eigenvalue weighted by Gasteiger charge is -2.06. The second kappa shape index (κ2) is 7.66. The van der Waals surface area contributed by atoms with Gasteiger partial charge in [-0.1, -0.05) is 29.8 Å². The van der Waals surface area contributed by atoms with E-state index in [9.17, 15) is 9.59 Å². The Balaban J connectivity index is 1.80. The number of hydrogen-bond donors (Lipinski definition) is 2. The zero-order chi connectivity index (χ0) is 15.9. The van der Waals surface area contributed by atoms with Crippen LogP contribution in [0.15, 0.2) is 48.5 Å². The van der Waals surface area contributed by atoms with Crippen LogP contribution in [0.4, 0.5) is 5.69 Å². The topological polar surface area (TPSA) is 66.4 Å². The third-order valence-electron chi connectivity index (χ3n) is 3.01. The molecule has 2 aromatic rings. The van der Waals surface area contributed by atoms with Crippen molar-refractivity contribution in [2.75, 3.05) is 11.1 Å². The number of amides is 1. The van der Waals surface area contributed by atoms with E-state index in [2.05, 4.69) is 5.32 Å². The Bertz CT molecular complexity index is 668. The van der Waals surface area contributed by atoms with E-state index < -0.39 is 5.97 Å². The number of benzene rings is 2. The standard InChI is InChI=1S/C17H17NO3S/c1-12-5-7-15(8-6-12)18-16(19)11-22-10-13-3-2-4-14(9-13)17(20)21/h2-9H,10-11H2,1H3,(H,18,19)(H,20,21). The van der Waals surface area contributed by atoms with Crippen molar-refractivity contribution in [3.05, 3.63) is 65.2 Å². The van der Waals surface area contributed by atoms with Crippen molar-refractivity contribution in [3.8, 4) is 0 Å². The lowest BCUT2D eigenvalue weighted by molar-refractivity contribution is -0.113. The predicted molar refractivity (Wildman–Crippen MR) is 89.4 cm³/mol. The number of nitrogens with one attached hydrogen (secondary N) is 1. The van der Waals surface area contributed by atoms with Crippen molar-refractivity contribution in [2.24, 2.45) is 0 Å². The maximum absolute atomic E-state index is 11.8. The minimum Gasteiger partial charge on any atom is -0.478 e. The Kier molecular flexibility index (Phi) is 5.61. The molecule has 0 unspecified atom stereocenters. The average molecular weight is 315 g/mol. The zero-order valence-electron chi connectivity index (χ0n) is 12.2. The quantitative estimate of drug-likeness (QED) is 0.855. The molecule has 0 bridgehead atoms. The van der Waals surface area contributed by atoms with E-state index >= 15 is 0 Å². The molecule has 0 aliphatic rings. The van der Waals surface area contributed by atoms with Crippen LogP contribution in [0.2, 0.25) is 0 Å². The van der Waals surface area contributed by atoms with Crippen LogP contribution in [0, 0.1) is 6.92 Å². The smallest absolute Gasteiger partial charge is 0.335 e. The molecule has 4 nitrogen and oxygen atoms in total. The molecule has 2 N–H and O–H groups in total. The maximum atomic E-state index is 11.8. The predicted octanol–water partition coefficient (Wildman–Crippen LogP) is 3.57. The van der Waals surface area contributed by atoms with Crippen LogP contribution in [-0.4, -0.2) is 22.7 Å². The number of aryl methyl sites for hydroxylation is 1. The van der Waals surface area contributed by atoms with Gasteiger partial charge in [-0.25, -0.2) is 4.79 Å². The highest BCUT2D eigenvalue weighted by atomic mass is 32.2. The highest BCUT2D eigenvalue weighted by Gasteiger charge is 2.05. The fourth-order valence-corrected chi connectivity index (χ4v) is 2.66. The van der Waals surface area contributed by atoms with Gasteiger partial charge in [0.05, 0.1) is 11.3 Å². The summed E-state index contributed by atoms with van der Waals surface area (Å²) in [5.74, 6) is -0.0830. The number of thioether (sulfide) groups is 1. The van der Waals surface area contributed by atoms with E-state index in [1.54, 1.807) is 18.2 Å². The lowest BCUT2D eigenvalue weighted by Crippen LogP contribution is -2.14. The van der Waals surface area contributed by atoms with Gasteiger partial charge in [-0.05, 0) is 36.8 Å². The first kappa shape index (κ1) is 16.1. The van der Waals surface area contributed by atoms with Crippen LogP contribution in [0.1, 0.15) is 21.5 Å². The molecule has 0 aromatic heterocycles. The third-order valence-corrected chi connectivity index (χ3v) is 4.01. The Morgan fingerprint density at radius 3 is 2.55 bits per heavy atom. The van der Waals surface area contributed by atoms with Gasteiger partial charge in [0.25, 0.3) is 0 Å². The summed E-state index contributed by atoms with van der Waals surface area (Å²) in [5.41, 5.74) is 3.09. The van der Waals surface area contributed by atoms with Gasteiger partial charge in [0, 0.05) is 11.4 Å². The molecule has 0 radical (unpaired) electrons. The van der Waals surface area contributed by atoms with Crippen LogP contribution < -0.4 is 5.32 Å². The van der Waals surface area contributed by atoms with Crippen molar-refractivity contribution < 1.29 is 14.7 Å². The van der Waals surface area contributed by atoms with Gasteiger partial charge in [-0.2, -0.15) is 0 Å². The van der Waals surface area contributed by atoms with Gasteiger partial charge >= 0.3 is 5.97 Å². The molecule has 0 heterocycles. The Hall–Kier alpha value is -2.27. The first-order chi connectivity index (χ1) is 10.5. The molecule has 0 atom stereocenters. The van der Waals surface area contributed by atoms with E-state index in [1.165, 1.54) is 11.8 Å². The van der Waals surface area contributed by atoms with E-state index in [0.29, 0.717) is 11.5 Å². The molecule has 0 saturated carbocycles. The van der Waals surface area contributed by atoms with Gasteiger partial charge in [0.15, 0.2) is 0 Å². The molecule has 114 valence electrons. The Morgan fingerprint density at radius 2 is 1.86 bits per heavy atom. The molecule has 0 saturated heterocycles. The molecule has 0 aliphatic heterocycles. The van der Waals surface area contributed by atoms with Gasteiger partial charge in [-0.15, -0.1) is 11.8 Å². The third kappa shape index (κ3) is 4.93. The van der Waals surface area contributed by atoms with Crippen LogP contribution in [0.25, 0.3) is 0 Å². The fraction of sp³-hybridized carbons (Fsp3) is 0.176. The second-order valence-electron chi connectivity index (χ2n) is 4.91. The SMILES string of the molecule is Cc1ccc(NC(=O)CSCc2cccc(C(=O)O)c2)cc1. The lowest BCUT2D eigenvalue weighted by atomic mass is 10.1. The highest BCUT2D eigenvalue weighted by molar-refractivity contribution is 7.99. The van der Waals surface area contributed by atoms with E-state index in [-0.39, 0.29) is 11.5 Å². The van der Waals surface area contributed by atoms with Crippen LogP contribution in [0.3, 0.4) is 0 Å². The molecule has 0 spiro atoms. The summed E-state index contributed by atoms with van der Waals surface area (Å²) in [4.78, 5) is 22.7. The molecule has 2 aromatic carbocycles. The Morgan fingerprint density at radius 1 is 1.14 bits per heavy atom. The number of aromatic carboxylic acids is 1. The molecule has 0 aliphatic carbocycles. The summed E-state index contributed by atoms with van der Waals surface area (Å²) >= 11 is 1.45. The molecule has 5 heteroatoms. The first-order valence-electron chi connectivity index (χ1n) is 6.81. The monoisotopic (exact) mass is 315 g/mol. The summed E-state index contributed by atoms with van der Waals surface area (Å²) in [6, 6.07) is 14.4. The summed E-state index contributed by atoms with van der Waals surface area (Å²) in [5, 5.41) is 11.8. The van der Waals surface area contributed by atoms with Crippen molar-refractivity contribution in [1.82, 2.24) is 0 Å². The van der Waals surface area contributed by atoms with Crippen molar-refractivity contribution >= 4 is 29.3 Å². The number of carbonyl (C=O) groups is 2. The minimum absolute atomic E-state index is 0.0664. The molecule has 0 fully saturated rings. The van der Waals surface area contributed by atoms with Gasteiger partial charge in [-0.3, -0.25) is 4.79 Å². The normalized spacial score (nSPS) is 10.2.